The Labute approximate surface area is 177 Å². The molecule has 1 saturated heterocycles. The Morgan fingerprint density at radius 2 is 2.24 bits per heavy atom. The number of nitrogens with two attached hydrogens (primary N) is 1. The zero-order valence-electron chi connectivity index (χ0n) is 15.4. The topological polar surface area (TPSA) is 105 Å². The Balaban J connectivity index is 1.39. The van der Waals surface area contributed by atoms with Gasteiger partial charge < -0.3 is 20.4 Å². The second kappa shape index (κ2) is 8.67. The molecule has 3 N–H and O–H groups in total. The molecule has 10 heteroatoms. The van der Waals surface area contributed by atoms with Crippen LogP contribution in [-0.4, -0.2) is 45.3 Å². The van der Waals surface area contributed by atoms with E-state index in [0.29, 0.717) is 28.0 Å². The maximum absolute atomic E-state index is 6.10. The van der Waals surface area contributed by atoms with Crippen molar-refractivity contribution in [3.8, 4) is 0 Å². The fraction of sp³-hybridized carbons (Fsp3) is 0.263. The van der Waals surface area contributed by atoms with Crippen molar-refractivity contribution >= 4 is 52.1 Å². The number of hydrogen-bond acceptors (Lipinski definition) is 7. The summed E-state index contributed by atoms with van der Waals surface area (Å²) >= 11 is 12.0. The fourth-order valence-corrected chi connectivity index (χ4v) is 3.73. The number of aliphatic imine (C=N–C) groups is 1. The molecule has 0 bridgehead atoms. The molecule has 3 aromatic rings. The first kappa shape index (κ1) is 19.5. The number of aromatic amines is 1. The summed E-state index contributed by atoms with van der Waals surface area (Å²) in [6, 6.07) is 5.26. The summed E-state index contributed by atoms with van der Waals surface area (Å²) in [5.41, 5.74) is 8.06. The van der Waals surface area contributed by atoms with Gasteiger partial charge in [0.15, 0.2) is 17.3 Å². The summed E-state index contributed by atoms with van der Waals surface area (Å²) in [5, 5.41) is 1.03. The molecule has 1 aliphatic rings. The second-order valence-electron chi connectivity index (χ2n) is 6.54. The lowest BCUT2D eigenvalue weighted by Crippen LogP contribution is -2.34. The Bertz CT molecular complexity index is 1070. The summed E-state index contributed by atoms with van der Waals surface area (Å²) in [6.07, 6.45) is 8.34. The predicted octanol–water partition coefficient (Wildman–Crippen LogP) is 3.85. The van der Waals surface area contributed by atoms with Crippen molar-refractivity contribution in [3.63, 3.8) is 0 Å². The van der Waals surface area contributed by atoms with E-state index in [4.69, 9.17) is 33.7 Å². The Kier molecular flexibility index (Phi) is 5.82. The molecule has 29 heavy (non-hydrogen) atoms. The van der Waals surface area contributed by atoms with Gasteiger partial charge in [-0.15, -0.1) is 0 Å². The molecule has 150 valence electrons. The lowest BCUT2D eigenvalue weighted by atomic mass is 10.2. The molecule has 8 nitrogen and oxygen atoms in total. The van der Waals surface area contributed by atoms with Gasteiger partial charge in [-0.1, -0.05) is 23.2 Å². The minimum atomic E-state index is 0.158. The highest BCUT2D eigenvalue weighted by Crippen LogP contribution is 2.29. The van der Waals surface area contributed by atoms with Crippen molar-refractivity contribution in [3.05, 3.63) is 52.9 Å². The third-order valence-corrected chi connectivity index (χ3v) is 5.19. The van der Waals surface area contributed by atoms with E-state index in [0.717, 1.165) is 30.7 Å². The standard InChI is InChI=1S/C19H19Cl2N7O/c20-12-3-4-15(14(21)8-12)23-6-5-16(22)29-9-13-2-1-7-28(13)19-17-18(25-10-24-17)26-11-27-19/h3-6,8,10-11,13H,1-2,7,9,22H2,(H,24,25,26,27)/t13-/m1/s1. The second-order valence-corrected chi connectivity index (χ2v) is 7.39. The normalized spacial score (nSPS) is 17.5. The van der Waals surface area contributed by atoms with Crippen LogP contribution in [0.25, 0.3) is 11.2 Å². The number of H-pyrrole nitrogens is 1. The van der Waals surface area contributed by atoms with Gasteiger partial charge in [-0.05, 0) is 31.0 Å². The summed E-state index contributed by atoms with van der Waals surface area (Å²) in [5.74, 6) is 1.11. The van der Waals surface area contributed by atoms with Gasteiger partial charge in [0.2, 0.25) is 0 Å². The van der Waals surface area contributed by atoms with Crippen LogP contribution in [0.3, 0.4) is 0 Å². The largest absolute Gasteiger partial charge is 0.477 e. The first-order valence-corrected chi connectivity index (χ1v) is 9.86. The van der Waals surface area contributed by atoms with Crippen LogP contribution >= 0.6 is 23.2 Å². The van der Waals surface area contributed by atoms with E-state index in [2.05, 4.69) is 29.8 Å². The highest BCUT2D eigenvalue weighted by molar-refractivity contribution is 6.36. The van der Waals surface area contributed by atoms with Crippen LogP contribution in [0.2, 0.25) is 10.0 Å². The predicted molar refractivity (Wildman–Crippen MR) is 115 cm³/mol. The molecule has 0 aliphatic carbocycles. The van der Waals surface area contributed by atoms with Gasteiger partial charge in [0.1, 0.15) is 18.5 Å². The lowest BCUT2D eigenvalue weighted by molar-refractivity contribution is 0.191. The van der Waals surface area contributed by atoms with Crippen LogP contribution < -0.4 is 10.6 Å². The van der Waals surface area contributed by atoms with E-state index in [1.54, 1.807) is 36.8 Å². The van der Waals surface area contributed by atoms with Crippen LogP contribution in [0.15, 0.2) is 47.8 Å². The SMILES string of the molecule is NC(=CC=Nc1ccc(Cl)cc1Cl)OC[C@H]1CCCN1c1ncnc2nc[nH]c12. The average molecular weight is 432 g/mol. The Morgan fingerprint density at radius 1 is 1.34 bits per heavy atom. The molecule has 1 aromatic carbocycles. The Hall–Kier alpha value is -2.84. The minimum absolute atomic E-state index is 0.158. The summed E-state index contributed by atoms with van der Waals surface area (Å²) in [4.78, 5) is 22.4. The molecule has 0 saturated carbocycles. The van der Waals surface area contributed by atoms with E-state index in [-0.39, 0.29) is 11.9 Å². The molecule has 1 fully saturated rings. The van der Waals surface area contributed by atoms with E-state index in [1.165, 1.54) is 6.33 Å². The molecule has 0 unspecified atom stereocenters. The Morgan fingerprint density at radius 3 is 3.10 bits per heavy atom. The number of hydrogen-bond donors (Lipinski definition) is 2. The number of benzene rings is 1. The van der Waals surface area contributed by atoms with Crippen molar-refractivity contribution in [1.29, 1.82) is 0 Å². The highest BCUT2D eigenvalue weighted by atomic mass is 35.5. The molecule has 0 radical (unpaired) electrons. The van der Waals surface area contributed by atoms with Crippen LogP contribution in [0, 0.1) is 0 Å². The number of aromatic nitrogens is 4. The summed E-state index contributed by atoms with van der Waals surface area (Å²) in [6.45, 7) is 1.33. The van der Waals surface area contributed by atoms with E-state index < -0.39 is 0 Å². The maximum atomic E-state index is 6.10. The molecule has 0 amide bonds. The van der Waals surface area contributed by atoms with Crippen molar-refractivity contribution in [2.45, 2.75) is 18.9 Å². The number of imidazole rings is 1. The zero-order chi connectivity index (χ0) is 20.2. The first-order valence-electron chi connectivity index (χ1n) is 9.10. The fourth-order valence-electron chi connectivity index (χ4n) is 3.28. The number of fused-ring (bicyclic) bond motifs is 1. The van der Waals surface area contributed by atoms with Gasteiger partial charge in [-0.25, -0.2) is 15.0 Å². The van der Waals surface area contributed by atoms with Crippen LogP contribution in [0.4, 0.5) is 11.5 Å². The number of ether oxygens (including phenoxy) is 1. The highest BCUT2D eigenvalue weighted by Gasteiger charge is 2.28. The number of anilines is 1. The van der Waals surface area contributed by atoms with Crippen LogP contribution in [-0.2, 0) is 4.74 Å². The van der Waals surface area contributed by atoms with Gasteiger partial charge in [0, 0.05) is 23.9 Å². The number of nitrogens with zero attached hydrogens (tertiary/aromatic N) is 5. The first-order chi connectivity index (χ1) is 14.1. The molecule has 0 spiro atoms. The average Bonchev–Trinajstić information content (AvgIpc) is 3.37. The molecule has 2 aromatic heterocycles. The number of rotatable bonds is 6. The zero-order valence-corrected chi connectivity index (χ0v) is 16.9. The molecule has 4 rings (SSSR count). The number of nitrogens with one attached hydrogen (secondary N) is 1. The smallest absolute Gasteiger partial charge is 0.185 e. The monoisotopic (exact) mass is 431 g/mol. The van der Waals surface area contributed by atoms with Gasteiger partial charge in [0.05, 0.1) is 23.1 Å². The van der Waals surface area contributed by atoms with Crippen molar-refractivity contribution < 1.29 is 4.74 Å². The third kappa shape index (κ3) is 4.44. The maximum Gasteiger partial charge on any atom is 0.185 e. The van der Waals surface area contributed by atoms with Crippen molar-refractivity contribution in [1.82, 2.24) is 19.9 Å². The van der Waals surface area contributed by atoms with Crippen molar-refractivity contribution in [2.24, 2.45) is 10.7 Å². The van der Waals surface area contributed by atoms with E-state index in [9.17, 15) is 0 Å². The van der Waals surface area contributed by atoms with Gasteiger partial charge in [0.25, 0.3) is 0 Å². The summed E-state index contributed by atoms with van der Waals surface area (Å²) < 4.78 is 5.74. The minimum Gasteiger partial charge on any atom is -0.477 e. The van der Waals surface area contributed by atoms with Gasteiger partial charge >= 0.3 is 0 Å². The molecular formula is C19H19Cl2N7O. The van der Waals surface area contributed by atoms with E-state index >= 15 is 0 Å². The molecule has 1 aliphatic heterocycles. The van der Waals surface area contributed by atoms with E-state index in [1.807, 2.05) is 0 Å². The number of halogens is 2. The summed E-state index contributed by atoms with van der Waals surface area (Å²) in [7, 11) is 0. The van der Waals surface area contributed by atoms with Gasteiger partial charge in [-0.2, -0.15) is 0 Å². The third-order valence-electron chi connectivity index (χ3n) is 4.66. The molecule has 1 atom stereocenters. The van der Waals surface area contributed by atoms with Gasteiger partial charge in [-0.3, -0.25) is 4.99 Å². The van der Waals surface area contributed by atoms with Crippen molar-refractivity contribution in [2.75, 3.05) is 18.1 Å². The molecular weight excluding hydrogens is 413 g/mol. The quantitative estimate of drug-likeness (QED) is 0.453. The number of allylic oxidation sites excluding steroid dienone is 1. The lowest BCUT2D eigenvalue weighted by Gasteiger charge is -2.25. The van der Waals surface area contributed by atoms with Crippen LogP contribution in [0.1, 0.15) is 12.8 Å². The van der Waals surface area contributed by atoms with Crippen LogP contribution in [0.5, 0.6) is 0 Å². The molecule has 3 heterocycles.